The summed E-state index contributed by atoms with van der Waals surface area (Å²) < 4.78 is 2.77. The van der Waals surface area contributed by atoms with Gasteiger partial charge >= 0.3 is 6.03 Å². The maximum absolute atomic E-state index is 11.9. The van der Waals surface area contributed by atoms with Crippen LogP contribution >= 0.6 is 15.9 Å². The van der Waals surface area contributed by atoms with Crippen LogP contribution in [0.2, 0.25) is 0 Å². The first-order valence-corrected chi connectivity index (χ1v) is 8.43. The summed E-state index contributed by atoms with van der Waals surface area (Å²) in [7, 11) is 0. The van der Waals surface area contributed by atoms with E-state index in [1.807, 2.05) is 22.7 Å². The van der Waals surface area contributed by atoms with Crippen molar-refractivity contribution < 1.29 is 4.79 Å². The number of imidazole rings is 1. The van der Waals surface area contributed by atoms with Crippen LogP contribution in [0.15, 0.2) is 29.0 Å². The minimum atomic E-state index is -0.319. The van der Waals surface area contributed by atoms with Crippen molar-refractivity contribution in [3.63, 3.8) is 0 Å². The predicted molar refractivity (Wildman–Crippen MR) is 89.7 cm³/mol. The number of amides is 2. The number of nitrogens with one attached hydrogen (secondary N) is 2. The third kappa shape index (κ3) is 3.37. The molecule has 3 aromatic rings. The summed E-state index contributed by atoms with van der Waals surface area (Å²) in [5.74, 6) is 1.76. The van der Waals surface area contributed by atoms with Crippen LogP contribution < -0.4 is 10.6 Å². The first-order chi connectivity index (χ1) is 11.7. The molecule has 1 fully saturated rings. The van der Waals surface area contributed by atoms with Gasteiger partial charge < -0.3 is 9.72 Å². The molecule has 124 valence electrons. The Morgan fingerprint density at radius 1 is 1.33 bits per heavy atom. The molecule has 9 nitrogen and oxygen atoms in total. The van der Waals surface area contributed by atoms with Crippen LogP contribution in [-0.2, 0) is 6.54 Å². The van der Waals surface area contributed by atoms with Crippen LogP contribution in [0.4, 0.5) is 10.6 Å². The Balaban J connectivity index is 1.28. The normalized spacial score (nSPS) is 14.0. The Hall–Kier alpha value is -2.49. The van der Waals surface area contributed by atoms with Crippen molar-refractivity contribution in [1.82, 2.24) is 34.9 Å². The second kappa shape index (κ2) is 6.19. The van der Waals surface area contributed by atoms with Gasteiger partial charge in [-0.25, -0.2) is 9.78 Å². The summed E-state index contributed by atoms with van der Waals surface area (Å²) in [6, 6.07) is 3.44. The van der Waals surface area contributed by atoms with Crippen LogP contribution in [-0.4, -0.2) is 42.2 Å². The molecule has 24 heavy (non-hydrogen) atoms. The highest BCUT2D eigenvalue weighted by Gasteiger charge is 2.28. The fourth-order valence-electron chi connectivity index (χ4n) is 2.31. The van der Waals surface area contributed by atoms with Crippen molar-refractivity contribution in [2.75, 3.05) is 11.9 Å². The minimum absolute atomic E-state index is 0.319. The summed E-state index contributed by atoms with van der Waals surface area (Å²) in [4.78, 5) is 17.8. The highest BCUT2D eigenvalue weighted by atomic mass is 79.9. The number of urea groups is 1. The fraction of sp³-hybridized carbons (Fsp3) is 0.357. The molecule has 0 radical (unpaired) electrons. The van der Waals surface area contributed by atoms with Crippen LogP contribution in [0, 0.1) is 0 Å². The molecule has 0 aliphatic heterocycles. The molecule has 0 atom stereocenters. The summed E-state index contributed by atoms with van der Waals surface area (Å²) in [5, 5.41) is 17.7. The zero-order valence-corrected chi connectivity index (χ0v) is 14.3. The highest BCUT2D eigenvalue weighted by molar-refractivity contribution is 9.10. The molecule has 1 saturated carbocycles. The van der Waals surface area contributed by atoms with E-state index in [0.29, 0.717) is 24.8 Å². The van der Waals surface area contributed by atoms with Gasteiger partial charge in [-0.1, -0.05) is 0 Å². The molecular formula is C14H15BrN8O. The standard InChI is InChI=1S/C14H15BrN8O/c15-10-3-4-12-17-11(8-22(12)7-10)18-14(24)16-5-6-23-20-13(19-21-23)9-1-2-9/h3-4,7-9H,1-2,5-6H2,(H2,16,18,24). The van der Waals surface area contributed by atoms with Gasteiger partial charge in [0.05, 0.1) is 12.7 Å². The number of hydrogen-bond acceptors (Lipinski definition) is 5. The molecule has 2 amide bonds. The molecule has 0 unspecified atom stereocenters. The number of nitrogens with zero attached hydrogens (tertiary/aromatic N) is 6. The maximum atomic E-state index is 11.9. The molecule has 10 heteroatoms. The van der Waals surface area contributed by atoms with E-state index in [0.717, 1.165) is 28.8 Å². The lowest BCUT2D eigenvalue weighted by molar-refractivity contribution is 0.251. The van der Waals surface area contributed by atoms with E-state index in [4.69, 9.17) is 0 Å². The largest absolute Gasteiger partial charge is 0.336 e. The SMILES string of the molecule is O=C(NCCn1nnc(C2CC2)n1)Nc1cn2cc(Br)ccc2n1. The summed E-state index contributed by atoms with van der Waals surface area (Å²) in [6.07, 6.45) is 5.91. The first kappa shape index (κ1) is 15.1. The quantitative estimate of drug-likeness (QED) is 0.691. The molecule has 0 saturated heterocycles. The highest BCUT2D eigenvalue weighted by Crippen LogP contribution is 2.37. The Morgan fingerprint density at radius 2 is 2.21 bits per heavy atom. The van der Waals surface area contributed by atoms with Crippen molar-refractivity contribution in [1.29, 1.82) is 0 Å². The Bertz CT molecular complexity index is 884. The lowest BCUT2D eigenvalue weighted by Gasteiger charge is -2.04. The van der Waals surface area contributed by atoms with Gasteiger partial charge in [0, 0.05) is 23.1 Å². The van der Waals surface area contributed by atoms with Crippen LogP contribution in [0.1, 0.15) is 24.6 Å². The van der Waals surface area contributed by atoms with Gasteiger partial charge in [0.15, 0.2) is 11.6 Å². The zero-order chi connectivity index (χ0) is 16.5. The first-order valence-electron chi connectivity index (χ1n) is 7.64. The third-order valence-corrected chi connectivity index (χ3v) is 4.13. The number of pyridine rings is 1. The number of anilines is 1. The maximum Gasteiger partial charge on any atom is 0.320 e. The molecule has 0 spiro atoms. The van der Waals surface area contributed by atoms with Gasteiger partial charge in [0.25, 0.3) is 0 Å². The Kier molecular flexibility index (Phi) is 3.89. The Labute approximate surface area is 145 Å². The topological polar surface area (TPSA) is 102 Å². The van der Waals surface area contributed by atoms with Crippen molar-refractivity contribution in [2.24, 2.45) is 0 Å². The fourth-order valence-corrected chi connectivity index (χ4v) is 2.66. The van der Waals surface area contributed by atoms with Crippen LogP contribution in [0.25, 0.3) is 5.65 Å². The van der Waals surface area contributed by atoms with Crippen molar-refractivity contribution in [3.8, 4) is 0 Å². The molecular weight excluding hydrogens is 376 g/mol. The lowest BCUT2D eigenvalue weighted by atomic mass is 10.4. The van der Waals surface area contributed by atoms with Gasteiger partial charge in [0.2, 0.25) is 0 Å². The monoisotopic (exact) mass is 390 g/mol. The Morgan fingerprint density at radius 3 is 3.04 bits per heavy atom. The van der Waals surface area contributed by atoms with Crippen LogP contribution in [0.5, 0.6) is 0 Å². The smallest absolute Gasteiger partial charge is 0.320 e. The molecule has 0 aromatic carbocycles. The van der Waals surface area contributed by atoms with Gasteiger partial charge in [0.1, 0.15) is 5.65 Å². The molecule has 0 bridgehead atoms. The van der Waals surface area contributed by atoms with Gasteiger partial charge in [-0.3, -0.25) is 5.32 Å². The van der Waals surface area contributed by atoms with Gasteiger partial charge in [-0.15, -0.1) is 10.2 Å². The molecule has 1 aliphatic carbocycles. The number of rotatable bonds is 5. The number of fused-ring (bicyclic) bond motifs is 1. The second-order valence-electron chi connectivity index (χ2n) is 5.64. The predicted octanol–water partition coefficient (Wildman–Crippen LogP) is 1.78. The summed E-state index contributed by atoms with van der Waals surface area (Å²) >= 11 is 3.40. The minimum Gasteiger partial charge on any atom is -0.336 e. The van der Waals surface area contributed by atoms with E-state index in [2.05, 4.69) is 47.0 Å². The van der Waals surface area contributed by atoms with E-state index < -0.39 is 0 Å². The summed E-state index contributed by atoms with van der Waals surface area (Å²) in [5.41, 5.74) is 0.757. The average molecular weight is 391 g/mol. The van der Waals surface area contributed by atoms with Crippen molar-refractivity contribution >= 4 is 33.4 Å². The summed E-state index contributed by atoms with van der Waals surface area (Å²) in [6.45, 7) is 0.885. The molecule has 3 heterocycles. The second-order valence-corrected chi connectivity index (χ2v) is 6.55. The number of hydrogen-bond donors (Lipinski definition) is 2. The number of aromatic nitrogens is 6. The van der Waals surface area contributed by atoms with Crippen molar-refractivity contribution in [2.45, 2.75) is 25.3 Å². The number of tetrazole rings is 1. The molecule has 4 rings (SSSR count). The molecule has 3 aromatic heterocycles. The van der Waals surface area contributed by atoms with Crippen molar-refractivity contribution in [3.05, 3.63) is 34.8 Å². The van der Waals surface area contributed by atoms with E-state index in [1.54, 1.807) is 6.20 Å². The number of carbonyl (C=O) groups excluding carboxylic acids is 1. The van der Waals surface area contributed by atoms with Gasteiger partial charge in [-0.05, 0) is 46.1 Å². The lowest BCUT2D eigenvalue weighted by Crippen LogP contribution is -2.32. The molecule has 1 aliphatic rings. The van der Waals surface area contributed by atoms with Gasteiger partial charge in [-0.2, -0.15) is 4.80 Å². The third-order valence-electron chi connectivity index (χ3n) is 3.66. The van der Waals surface area contributed by atoms with E-state index >= 15 is 0 Å². The molecule has 2 N–H and O–H groups in total. The van der Waals surface area contributed by atoms with E-state index in [-0.39, 0.29) is 6.03 Å². The van der Waals surface area contributed by atoms with E-state index in [1.165, 1.54) is 4.80 Å². The van der Waals surface area contributed by atoms with Crippen LogP contribution in [0.3, 0.4) is 0 Å². The average Bonchev–Trinajstić information content (AvgIpc) is 3.16. The number of carbonyl (C=O) groups is 1. The zero-order valence-electron chi connectivity index (χ0n) is 12.7. The van der Waals surface area contributed by atoms with E-state index in [9.17, 15) is 4.79 Å². The number of halogens is 1.